The molecule has 2 N–H and O–H groups in total. The zero-order chi connectivity index (χ0) is 15.4. The van der Waals surface area contributed by atoms with Gasteiger partial charge in [0.25, 0.3) is 5.69 Å². The molecule has 110 valence electrons. The maximum absolute atomic E-state index is 11.0. The number of rotatable bonds is 6. The molecular weight excluding hydrogens is 278 g/mol. The van der Waals surface area contributed by atoms with Crippen LogP contribution in [0, 0.1) is 17.0 Å². The second-order valence-corrected chi connectivity index (χ2v) is 4.43. The lowest BCUT2D eigenvalue weighted by atomic mass is 10.2. The van der Waals surface area contributed by atoms with Crippen molar-refractivity contribution in [1.82, 2.24) is 15.0 Å². The van der Waals surface area contributed by atoms with Gasteiger partial charge in [0, 0.05) is 6.07 Å². The SMILES string of the molecule is Cc1ccc(NCc2cn(CC(=O)O)nn2)c([N+](=O)[O-])c1. The van der Waals surface area contributed by atoms with Gasteiger partial charge in [0.15, 0.2) is 0 Å². The van der Waals surface area contributed by atoms with Crippen molar-refractivity contribution >= 4 is 17.3 Å². The first-order valence-electron chi connectivity index (χ1n) is 6.05. The van der Waals surface area contributed by atoms with Gasteiger partial charge in [0.1, 0.15) is 17.9 Å². The molecule has 0 unspecified atom stereocenters. The van der Waals surface area contributed by atoms with Gasteiger partial charge < -0.3 is 10.4 Å². The lowest BCUT2D eigenvalue weighted by Crippen LogP contribution is -2.09. The Balaban J connectivity index is 2.08. The number of nitrogens with one attached hydrogen (secondary N) is 1. The maximum Gasteiger partial charge on any atom is 0.325 e. The summed E-state index contributed by atoms with van der Waals surface area (Å²) in [6.07, 6.45) is 1.47. The molecule has 2 rings (SSSR count). The molecule has 9 nitrogen and oxygen atoms in total. The van der Waals surface area contributed by atoms with Crippen LogP contribution in [0.1, 0.15) is 11.3 Å². The molecule has 1 aromatic heterocycles. The maximum atomic E-state index is 11.0. The first kappa shape index (κ1) is 14.4. The Hall–Kier alpha value is -2.97. The lowest BCUT2D eigenvalue weighted by Gasteiger charge is -2.05. The van der Waals surface area contributed by atoms with Gasteiger partial charge in [-0.05, 0) is 18.6 Å². The summed E-state index contributed by atoms with van der Waals surface area (Å²) in [7, 11) is 0. The monoisotopic (exact) mass is 291 g/mol. The van der Waals surface area contributed by atoms with Gasteiger partial charge in [-0.25, -0.2) is 4.68 Å². The van der Waals surface area contributed by atoms with Crippen LogP contribution < -0.4 is 5.32 Å². The van der Waals surface area contributed by atoms with Crippen LogP contribution in [0.25, 0.3) is 0 Å². The molecule has 0 saturated heterocycles. The number of hydrogen-bond acceptors (Lipinski definition) is 6. The van der Waals surface area contributed by atoms with Gasteiger partial charge in [0.2, 0.25) is 0 Å². The number of aromatic nitrogens is 3. The Morgan fingerprint density at radius 1 is 1.52 bits per heavy atom. The molecule has 0 aliphatic rings. The summed E-state index contributed by atoms with van der Waals surface area (Å²) in [6, 6.07) is 4.86. The number of benzene rings is 1. The van der Waals surface area contributed by atoms with Gasteiger partial charge in [0.05, 0.1) is 17.7 Å². The number of nitro groups is 1. The van der Waals surface area contributed by atoms with Crippen molar-refractivity contribution in [2.75, 3.05) is 5.32 Å². The van der Waals surface area contributed by atoms with E-state index in [0.29, 0.717) is 11.4 Å². The van der Waals surface area contributed by atoms with E-state index in [-0.39, 0.29) is 18.8 Å². The lowest BCUT2D eigenvalue weighted by molar-refractivity contribution is -0.384. The first-order chi connectivity index (χ1) is 9.95. The minimum Gasteiger partial charge on any atom is -0.480 e. The van der Waals surface area contributed by atoms with E-state index >= 15 is 0 Å². The average molecular weight is 291 g/mol. The minimum atomic E-state index is -1.02. The molecule has 0 fully saturated rings. The zero-order valence-corrected chi connectivity index (χ0v) is 11.2. The molecule has 0 spiro atoms. The number of aliphatic carboxylic acids is 1. The second-order valence-electron chi connectivity index (χ2n) is 4.43. The third-order valence-corrected chi connectivity index (χ3v) is 2.69. The van der Waals surface area contributed by atoms with E-state index in [1.165, 1.54) is 16.9 Å². The van der Waals surface area contributed by atoms with Gasteiger partial charge >= 0.3 is 5.97 Å². The molecule has 1 heterocycles. The van der Waals surface area contributed by atoms with Crippen LogP contribution in [0.3, 0.4) is 0 Å². The highest BCUT2D eigenvalue weighted by Crippen LogP contribution is 2.25. The van der Waals surface area contributed by atoms with E-state index in [4.69, 9.17) is 5.11 Å². The number of carboxylic acid groups (broad SMARTS) is 1. The molecule has 0 aliphatic carbocycles. The summed E-state index contributed by atoms with van der Waals surface area (Å²) in [5, 5.41) is 30.0. The molecule has 2 aromatic rings. The quantitative estimate of drug-likeness (QED) is 0.605. The minimum absolute atomic E-state index is 0.0204. The predicted molar refractivity (Wildman–Crippen MR) is 72.8 cm³/mol. The van der Waals surface area contributed by atoms with Crippen LogP contribution in [0.2, 0.25) is 0 Å². The van der Waals surface area contributed by atoms with Crippen molar-refractivity contribution in [1.29, 1.82) is 0 Å². The Kier molecular flexibility index (Phi) is 4.12. The number of nitrogens with zero attached hydrogens (tertiary/aromatic N) is 4. The van der Waals surface area contributed by atoms with E-state index < -0.39 is 10.9 Å². The van der Waals surface area contributed by atoms with Gasteiger partial charge in [-0.15, -0.1) is 5.10 Å². The molecule has 21 heavy (non-hydrogen) atoms. The fraction of sp³-hybridized carbons (Fsp3) is 0.250. The third kappa shape index (κ3) is 3.75. The number of hydrogen-bond donors (Lipinski definition) is 2. The fourth-order valence-corrected chi connectivity index (χ4v) is 1.76. The molecule has 0 aliphatic heterocycles. The zero-order valence-electron chi connectivity index (χ0n) is 11.2. The largest absolute Gasteiger partial charge is 0.480 e. The van der Waals surface area contributed by atoms with Crippen molar-refractivity contribution in [2.45, 2.75) is 20.0 Å². The Morgan fingerprint density at radius 2 is 2.29 bits per heavy atom. The van der Waals surface area contributed by atoms with Gasteiger partial charge in [-0.2, -0.15) is 0 Å². The number of aryl methyl sites for hydroxylation is 1. The topological polar surface area (TPSA) is 123 Å². The number of nitro benzene ring substituents is 1. The average Bonchev–Trinajstić information content (AvgIpc) is 2.83. The van der Waals surface area contributed by atoms with E-state index in [1.54, 1.807) is 19.1 Å². The second kappa shape index (κ2) is 5.99. The standard InChI is InChI=1S/C12H13N5O4/c1-8-2-3-10(11(4-8)17(20)21)13-5-9-6-16(15-14-9)7-12(18)19/h2-4,6,13H,5,7H2,1H3,(H,18,19). The summed E-state index contributed by atoms with van der Waals surface area (Å²) in [6.45, 7) is 1.70. The molecule has 0 radical (unpaired) electrons. The predicted octanol–water partition coefficient (Wildman–Crippen LogP) is 1.19. The fourth-order valence-electron chi connectivity index (χ4n) is 1.76. The molecule has 0 bridgehead atoms. The van der Waals surface area contributed by atoms with Crippen molar-refractivity contribution in [2.24, 2.45) is 0 Å². The highest BCUT2D eigenvalue weighted by molar-refractivity contribution is 5.66. The molecular formula is C12H13N5O4. The van der Waals surface area contributed by atoms with Crippen LogP contribution >= 0.6 is 0 Å². The summed E-state index contributed by atoms with van der Waals surface area (Å²) in [5.74, 6) is -1.02. The van der Waals surface area contributed by atoms with Crippen molar-refractivity contribution in [3.63, 3.8) is 0 Å². The molecule has 0 atom stereocenters. The normalized spacial score (nSPS) is 10.3. The highest BCUT2D eigenvalue weighted by atomic mass is 16.6. The van der Waals surface area contributed by atoms with Gasteiger partial charge in [-0.1, -0.05) is 11.3 Å². The highest BCUT2D eigenvalue weighted by Gasteiger charge is 2.14. The molecule has 0 saturated carbocycles. The summed E-state index contributed by atoms with van der Waals surface area (Å²) in [5.41, 5.74) is 1.64. The van der Waals surface area contributed by atoms with Crippen molar-refractivity contribution in [3.8, 4) is 0 Å². The summed E-state index contributed by atoms with van der Waals surface area (Å²) in [4.78, 5) is 21.0. The third-order valence-electron chi connectivity index (χ3n) is 2.69. The van der Waals surface area contributed by atoms with Gasteiger partial charge in [-0.3, -0.25) is 14.9 Å². The van der Waals surface area contributed by atoms with E-state index in [1.807, 2.05) is 0 Å². The number of carbonyl (C=O) groups is 1. The first-order valence-corrected chi connectivity index (χ1v) is 6.05. The van der Waals surface area contributed by atoms with Crippen LogP contribution in [0.5, 0.6) is 0 Å². The Bertz CT molecular complexity index is 682. The molecule has 1 aromatic carbocycles. The number of carboxylic acids is 1. The Labute approximate surface area is 119 Å². The molecule has 9 heteroatoms. The van der Waals surface area contributed by atoms with E-state index in [2.05, 4.69) is 15.6 Å². The van der Waals surface area contributed by atoms with Crippen LogP contribution in [0.15, 0.2) is 24.4 Å². The Morgan fingerprint density at radius 3 is 2.95 bits per heavy atom. The molecule has 0 amide bonds. The smallest absolute Gasteiger partial charge is 0.325 e. The van der Waals surface area contributed by atoms with Crippen molar-refractivity contribution < 1.29 is 14.8 Å². The number of anilines is 1. The van der Waals surface area contributed by atoms with E-state index in [0.717, 1.165) is 5.56 Å². The van der Waals surface area contributed by atoms with Crippen LogP contribution in [-0.4, -0.2) is 31.0 Å². The van der Waals surface area contributed by atoms with Crippen LogP contribution in [0.4, 0.5) is 11.4 Å². The summed E-state index contributed by atoms with van der Waals surface area (Å²) < 4.78 is 1.18. The van der Waals surface area contributed by atoms with Crippen molar-refractivity contribution in [3.05, 3.63) is 45.8 Å². The van der Waals surface area contributed by atoms with E-state index in [9.17, 15) is 14.9 Å². The summed E-state index contributed by atoms with van der Waals surface area (Å²) >= 11 is 0. The van der Waals surface area contributed by atoms with Crippen LogP contribution in [-0.2, 0) is 17.9 Å².